The first-order valence-corrected chi connectivity index (χ1v) is 10.2. The Labute approximate surface area is 180 Å². The van der Waals surface area contributed by atoms with Gasteiger partial charge in [0.2, 0.25) is 5.91 Å². The summed E-state index contributed by atoms with van der Waals surface area (Å²) in [6.45, 7) is 13.3. The summed E-state index contributed by atoms with van der Waals surface area (Å²) in [6, 6.07) is 0. The zero-order valence-electron chi connectivity index (χ0n) is 19.8. The fraction of sp³-hybridized carbons (Fsp3) is 0.652. The summed E-state index contributed by atoms with van der Waals surface area (Å²) in [5, 5.41) is 0. The number of hydrogen-bond acceptors (Lipinski definition) is 5. The molecule has 168 valence electrons. The third-order valence-electron chi connectivity index (χ3n) is 5.07. The molecular weight excluding hydrogens is 384 g/mol. The lowest BCUT2D eigenvalue weighted by atomic mass is 9.72. The normalized spacial score (nSPS) is 15.2. The van der Waals surface area contributed by atoms with Crippen LogP contribution in [0.4, 0.5) is 4.79 Å². The number of ether oxygens (including phenoxy) is 1. The van der Waals surface area contributed by atoms with E-state index in [9.17, 15) is 19.2 Å². The lowest BCUT2D eigenvalue weighted by molar-refractivity contribution is -0.131. The predicted molar refractivity (Wildman–Crippen MR) is 116 cm³/mol. The molecule has 0 heterocycles. The number of ketones is 2. The number of allylic oxidation sites excluding steroid dienone is 4. The van der Waals surface area contributed by atoms with Gasteiger partial charge in [-0.3, -0.25) is 14.4 Å². The van der Waals surface area contributed by atoms with Crippen LogP contribution < -0.4 is 0 Å². The molecule has 0 N–H and O–H groups in total. The molecule has 0 atom stereocenters. The van der Waals surface area contributed by atoms with Gasteiger partial charge in [0.25, 0.3) is 0 Å². The van der Waals surface area contributed by atoms with Crippen LogP contribution in [0, 0.1) is 5.41 Å². The van der Waals surface area contributed by atoms with Crippen molar-refractivity contribution in [2.75, 3.05) is 27.2 Å². The standard InChI is InChI=1S/C23H36N2O5/c1-15-13-17(26)16(2)19(20(15)28)23(6,7)14-18(27)24(8)11-10-12-25(9)21(29)30-22(3,4)5/h13H,10-12,14H2,1-9H3. The Bertz CT molecular complexity index is 784. The summed E-state index contributed by atoms with van der Waals surface area (Å²) < 4.78 is 5.31. The quantitative estimate of drug-likeness (QED) is 0.588. The lowest BCUT2D eigenvalue weighted by Crippen LogP contribution is -2.38. The third kappa shape index (κ3) is 6.82. The maximum absolute atomic E-state index is 12.8. The Morgan fingerprint density at radius 1 is 0.967 bits per heavy atom. The number of nitrogens with zero attached hydrogens (tertiary/aromatic N) is 2. The van der Waals surface area contributed by atoms with E-state index in [-0.39, 0.29) is 23.9 Å². The summed E-state index contributed by atoms with van der Waals surface area (Å²) in [7, 11) is 3.36. The van der Waals surface area contributed by atoms with Crippen molar-refractivity contribution < 1.29 is 23.9 Å². The van der Waals surface area contributed by atoms with E-state index in [4.69, 9.17) is 4.74 Å². The second kappa shape index (κ2) is 9.58. The van der Waals surface area contributed by atoms with Gasteiger partial charge in [-0.25, -0.2) is 4.79 Å². The van der Waals surface area contributed by atoms with Crippen LogP contribution in [0.25, 0.3) is 0 Å². The van der Waals surface area contributed by atoms with E-state index in [0.29, 0.717) is 36.2 Å². The summed E-state index contributed by atoms with van der Waals surface area (Å²) in [4.78, 5) is 52.6. The molecule has 30 heavy (non-hydrogen) atoms. The van der Waals surface area contributed by atoms with E-state index in [0.717, 1.165) is 0 Å². The van der Waals surface area contributed by atoms with Crippen molar-refractivity contribution in [3.8, 4) is 0 Å². The molecule has 0 saturated carbocycles. The molecule has 0 saturated heterocycles. The van der Waals surface area contributed by atoms with Crippen molar-refractivity contribution >= 4 is 23.6 Å². The number of amides is 2. The molecule has 0 aromatic rings. The minimum atomic E-state index is -0.759. The number of hydrogen-bond donors (Lipinski definition) is 0. The summed E-state index contributed by atoms with van der Waals surface area (Å²) in [5.41, 5.74) is -0.0870. The zero-order valence-corrected chi connectivity index (χ0v) is 19.8. The van der Waals surface area contributed by atoms with Crippen LogP contribution in [0.1, 0.15) is 61.3 Å². The van der Waals surface area contributed by atoms with Gasteiger partial charge in [-0.15, -0.1) is 0 Å². The summed E-state index contributed by atoms with van der Waals surface area (Å²) in [5.74, 6) is -0.472. The maximum atomic E-state index is 12.8. The van der Waals surface area contributed by atoms with Crippen LogP contribution in [-0.2, 0) is 19.1 Å². The predicted octanol–water partition coefficient (Wildman–Crippen LogP) is 3.53. The van der Waals surface area contributed by atoms with E-state index in [1.807, 2.05) is 34.6 Å². The molecule has 0 aromatic heterocycles. The third-order valence-corrected chi connectivity index (χ3v) is 5.07. The van der Waals surface area contributed by atoms with Crippen LogP contribution in [0.3, 0.4) is 0 Å². The Morgan fingerprint density at radius 2 is 1.50 bits per heavy atom. The Kier molecular flexibility index (Phi) is 8.17. The monoisotopic (exact) mass is 420 g/mol. The molecule has 0 spiro atoms. The van der Waals surface area contributed by atoms with E-state index in [2.05, 4.69) is 0 Å². The molecule has 7 heteroatoms. The molecule has 0 fully saturated rings. The van der Waals surface area contributed by atoms with Crippen LogP contribution in [0.5, 0.6) is 0 Å². The van der Waals surface area contributed by atoms with Crippen molar-refractivity contribution in [1.29, 1.82) is 0 Å². The molecular formula is C23H36N2O5. The molecule has 0 aliphatic heterocycles. The first-order valence-electron chi connectivity index (χ1n) is 10.2. The lowest BCUT2D eigenvalue weighted by Gasteiger charge is -2.32. The van der Waals surface area contributed by atoms with Crippen molar-refractivity contribution in [3.05, 3.63) is 22.8 Å². The summed E-state index contributed by atoms with van der Waals surface area (Å²) in [6.07, 6.45) is 1.67. The molecule has 1 aliphatic rings. The Morgan fingerprint density at radius 3 is 2.03 bits per heavy atom. The maximum Gasteiger partial charge on any atom is 0.410 e. The first-order chi connectivity index (χ1) is 13.6. The van der Waals surface area contributed by atoms with E-state index < -0.39 is 17.1 Å². The molecule has 7 nitrogen and oxygen atoms in total. The van der Waals surface area contributed by atoms with Gasteiger partial charge in [0.15, 0.2) is 11.6 Å². The van der Waals surface area contributed by atoms with Gasteiger partial charge in [-0.2, -0.15) is 0 Å². The van der Waals surface area contributed by atoms with Gasteiger partial charge in [0.05, 0.1) is 0 Å². The Balaban J connectivity index is 2.67. The molecule has 1 aliphatic carbocycles. The average molecular weight is 421 g/mol. The van der Waals surface area contributed by atoms with Crippen LogP contribution in [-0.4, -0.2) is 66.2 Å². The molecule has 2 amide bonds. The van der Waals surface area contributed by atoms with Crippen molar-refractivity contribution in [1.82, 2.24) is 9.80 Å². The molecule has 0 unspecified atom stereocenters. The number of Topliss-reactive ketones (excluding diaryl/α,β-unsaturated/α-hetero) is 1. The van der Waals surface area contributed by atoms with Gasteiger partial charge in [0.1, 0.15) is 5.60 Å². The van der Waals surface area contributed by atoms with Gasteiger partial charge >= 0.3 is 6.09 Å². The number of rotatable bonds is 7. The molecule has 0 bridgehead atoms. The average Bonchev–Trinajstić information content (AvgIpc) is 2.57. The number of carbonyl (C=O) groups excluding carboxylic acids is 4. The van der Waals surface area contributed by atoms with Crippen LogP contribution in [0.15, 0.2) is 22.8 Å². The van der Waals surface area contributed by atoms with Crippen LogP contribution >= 0.6 is 0 Å². The molecule has 1 rings (SSSR count). The number of carbonyl (C=O) groups is 4. The van der Waals surface area contributed by atoms with E-state index >= 15 is 0 Å². The highest BCUT2D eigenvalue weighted by Crippen LogP contribution is 2.37. The van der Waals surface area contributed by atoms with Crippen molar-refractivity contribution in [2.45, 2.75) is 66.9 Å². The van der Waals surface area contributed by atoms with Gasteiger partial charge in [0, 0.05) is 55.7 Å². The highest BCUT2D eigenvalue weighted by molar-refractivity contribution is 6.22. The van der Waals surface area contributed by atoms with Gasteiger partial charge in [-0.1, -0.05) is 13.8 Å². The fourth-order valence-corrected chi connectivity index (χ4v) is 3.38. The molecule has 0 radical (unpaired) electrons. The first kappa shape index (κ1) is 25.6. The highest BCUT2D eigenvalue weighted by atomic mass is 16.6. The second-order valence-corrected chi connectivity index (χ2v) is 9.65. The SMILES string of the molecule is CC1=CC(=O)C(C)=C(C(C)(C)CC(=O)N(C)CCCN(C)C(=O)OC(C)(C)C)C1=O. The van der Waals surface area contributed by atoms with E-state index in [1.165, 1.54) is 11.0 Å². The van der Waals surface area contributed by atoms with E-state index in [1.54, 1.807) is 32.8 Å². The largest absolute Gasteiger partial charge is 0.444 e. The second-order valence-electron chi connectivity index (χ2n) is 9.65. The minimum Gasteiger partial charge on any atom is -0.444 e. The molecule has 0 aromatic carbocycles. The minimum absolute atomic E-state index is 0.115. The van der Waals surface area contributed by atoms with Gasteiger partial charge in [-0.05, 0) is 47.1 Å². The summed E-state index contributed by atoms with van der Waals surface area (Å²) >= 11 is 0. The Hall–Kier alpha value is -2.44. The van der Waals surface area contributed by atoms with Crippen molar-refractivity contribution in [3.63, 3.8) is 0 Å². The van der Waals surface area contributed by atoms with Gasteiger partial charge < -0.3 is 14.5 Å². The smallest absolute Gasteiger partial charge is 0.410 e. The van der Waals surface area contributed by atoms with Crippen LogP contribution in [0.2, 0.25) is 0 Å². The zero-order chi connectivity index (χ0) is 23.4. The van der Waals surface area contributed by atoms with Crippen molar-refractivity contribution in [2.24, 2.45) is 5.41 Å². The topological polar surface area (TPSA) is 84.0 Å². The fourth-order valence-electron chi connectivity index (χ4n) is 3.38. The highest BCUT2D eigenvalue weighted by Gasteiger charge is 2.37.